The van der Waals surface area contributed by atoms with E-state index in [4.69, 9.17) is 28.9 Å². The Hall–Kier alpha value is -3.14. The number of carbonyl (C=O) groups is 2. The molecule has 0 spiro atoms. The van der Waals surface area contributed by atoms with E-state index in [9.17, 15) is 19.8 Å². The van der Waals surface area contributed by atoms with E-state index < -0.39 is 24.4 Å². The Bertz CT molecular complexity index is 1300. The van der Waals surface area contributed by atoms with Crippen LogP contribution in [0.15, 0.2) is 24.3 Å². The number of aromatic nitrogens is 3. The second kappa shape index (κ2) is 10.9. The summed E-state index contributed by atoms with van der Waals surface area (Å²) >= 11 is 12.3. The van der Waals surface area contributed by atoms with Gasteiger partial charge in [-0.05, 0) is 61.1 Å². The number of hydrogen-bond donors (Lipinski definition) is 4. The van der Waals surface area contributed by atoms with Gasteiger partial charge in [0.15, 0.2) is 0 Å². The third-order valence-corrected chi connectivity index (χ3v) is 6.82. The molecule has 190 valence electrons. The second-order valence-corrected chi connectivity index (χ2v) is 9.70. The number of halogens is 2. The maximum atomic E-state index is 12.5. The Labute approximate surface area is 218 Å². The molecular formula is C25H27Cl2N5O4. The fraction of sp³-hybridized carbons (Fsp3) is 0.360. The van der Waals surface area contributed by atoms with Gasteiger partial charge in [0.05, 0.1) is 30.0 Å². The maximum absolute atomic E-state index is 12.5. The van der Waals surface area contributed by atoms with Crippen molar-refractivity contribution in [3.63, 3.8) is 0 Å². The minimum absolute atomic E-state index is 0.00401. The molecule has 0 saturated carbocycles. The standard InChI is InChI=1S/C25H27Cl2N5O4/c1-13-14(7-15-3-2-5-29-25(15)30-13)4-6-32-20(12-33)22(24(28)36)23(31-32)19(11-21(34)35)16-8-17(26)10-18(27)9-16/h7-10,19,33H,2-6,11-12H2,1H3,(H2,28,36)(H,29,30)(H,34,35). The van der Waals surface area contributed by atoms with Crippen LogP contribution in [0.4, 0.5) is 5.82 Å². The third-order valence-electron chi connectivity index (χ3n) is 6.38. The van der Waals surface area contributed by atoms with Crippen LogP contribution in [0.3, 0.4) is 0 Å². The lowest BCUT2D eigenvalue weighted by molar-refractivity contribution is -0.137. The summed E-state index contributed by atoms with van der Waals surface area (Å²) in [5.41, 5.74) is 9.64. The molecule has 1 aromatic carbocycles. The summed E-state index contributed by atoms with van der Waals surface area (Å²) in [5.74, 6) is -1.85. The Kier molecular flexibility index (Phi) is 7.82. The minimum atomic E-state index is -1.10. The van der Waals surface area contributed by atoms with Crippen molar-refractivity contribution in [2.45, 2.75) is 51.7 Å². The van der Waals surface area contributed by atoms with Crippen molar-refractivity contribution in [2.24, 2.45) is 5.73 Å². The van der Waals surface area contributed by atoms with Crippen molar-refractivity contribution < 1.29 is 19.8 Å². The van der Waals surface area contributed by atoms with E-state index >= 15 is 0 Å². The van der Waals surface area contributed by atoms with E-state index in [2.05, 4.69) is 21.5 Å². The number of pyridine rings is 1. The van der Waals surface area contributed by atoms with Crippen LogP contribution in [0.5, 0.6) is 0 Å². The van der Waals surface area contributed by atoms with E-state index in [1.54, 1.807) is 12.1 Å². The van der Waals surface area contributed by atoms with Crippen molar-refractivity contribution in [3.05, 3.63) is 73.6 Å². The molecule has 5 N–H and O–H groups in total. The number of carboxylic acids is 1. The van der Waals surface area contributed by atoms with Crippen LogP contribution in [0.2, 0.25) is 10.0 Å². The highest BCUT2D eigenvalue weighted by molar-refractivity contribution is 6.34. The number of nitrogens with one attached hydrogen (secondary N) is 1. The van der Waals surface area contributed by atoms with Gasteiger partial charge in [-0.1, -0.05) is 29.3 Å². The zero-order valence-corrected chi connectivity index (χ0v) is 21.2. The van der Waals surface area contributed by atoms with Crippen molar-refractivity contribution in [1.82, 2.24) is 14.8 Å². The average Bonchev–Trinajstić information content (AvgIpc) is 3.19. The molecular weight excluding hydrogens is 505 g/mol. The van der Waals surface area contributed by atoms with Crippen LogP contribution in [0, 0.1) is 6.92 Å². The number of amides is 1. The number of aryl methyl sites for hydroxylation is 4. The number of aliphatic hydroxyl groups is 1. The number of aliphatic hydroxyl groups excluding tert-OH is 1. The van der Waals surface area contributed by atoms with Gasteiger partial charge in [-0.3, -0.25) is 14.3 Å². The number of anilines is 1. The highest BCUT2D eigenvalue weighted by Crippen LogP contribution is 2.34. The normalized spacial score (nSPS) is 13.7. The topological polar surface area (TPSA) is 143 Å². The summed E-state index contributed by atoms with van der Waals surface area (Å²) in [6.45, 7) is 2.68. The maximum Gasteiger partial charge on any atom is 0.304 e. The first-order chi connectivity index (χ1) is 17.2. The number of fused-ring (bicyclic) bond motifs is 1. The molecule has 36 heavy (non-hydrogen) atoms. The van der Waals surface area contributed by atoms with E-state index in [1.165, 1.54) is 10.7 Å². The molecule has 11 heteroatoms. The highest BCUT2D eigenvalue weighted by Gasteiger charge is 2.30. The predicted octanol–water partition coefficient (Wildman–Crippen LogP) is 3.69. The predicted molar refractivity (Wildman–Crippen MR) is 137 cm³/mol. The fourth-order valence-electron chi connectivity index (χ4n) is 4.70. The van der Waals surface area contributed by atoms with Gasteiger partial charge in [-0.25, -0.2) is 4.98 Å². The Morgan fingerprint density at radius 3 is 2.58 bits per heavy atom. The van der Waals surface area contributed by atoms with Crippen LogP contribution < -0.4 is 11.1 Å². The van der Waals surface area contributed by atoms with Gasteiger partial charge in [0.25, 0.3) is 5.91 Å². The van der Waals surface area contributed by atoms with Crippen LogP contribution in [0.25, 0.3) is 0 Å². The smallest absolute Gasteiger partial charge is 0.304 e. The van der Waals surface area contributed by atoms with E-state index in [0.29, 0.717) is 28.6 Å². The molecule has 0 aliphatic carbocycles. The number of rotatable bonds is 9. The van der Waals surface area contributed by atoms with Gasteiger partial charge < -0.3 is 21.3 Å². The van der Waals surface area contributed by atoms with Crippen LogP contribution in [0.1, 0.15) is 62.9 Å². The molecule has 0 fully saturated rings. The summed E-state index contributed by atoms with van der Waals surface area (Å²) in [5, 5.41) is 28.3. The zero-order chi connectivity index (χ0) is 26.0. The van der Waals surface area contributed by atoms with Gasteiger partial charge in [0.1, 0.15) is 5.82 Å². The molecule has 0 radical (unpaired) electrons. The largest absolute Gasteiger partial charge is 0.481 e. The van der Waals surface area contributed by atoms with E-state index in [-0.39, 0.29) is 23.4 Å². The van der Waals surface area contributed by atoms with Crippen molar-refractivity contribution >= 4 is 40.9 Å². The first kappa shape index (κ1) is 25.9. The zero-order valence-electron chi connectivity index (χ0n) is 19.7. The highest BCUT2D eigenvalue weighted by atomic mass is 35.5. The summed E-state index contributed by atoms with van der Waals surface area (Å²) < 4.78 is 1.52. The van der Waals surface area contributed by atoms with E-state index in [1.807, 2.05) is 6.92 Å². The number of nitrogens with zero attached hydrogens (tertiary/aromatic N) is 3. The number of carboxylic acid groups (broad SMARTS) is 1. The van der Waals surface area contributed by atoms with Crippen molar-refractivity contribution in [3.8, 4) is 0 Å². The SMILES string of the molecule is Cc1nc2c(cc1CCn1nc(C(CC(=O)O)c3cc(Cl)cc(Cl)c3)c(C(N)=O)c1CO)CCCN2. The number of nitrogens with two attached hydrogens (primary N) is 1. The number of primary amides is 1. The summed E-state index contributed by atoms with van der Waals surface area (Å²) in [6, 6.07) is 6.82. The first-order valence-corrected chi connectivity index (χ1v) is 12.3. The minimum Gasteiger partial charge on any atom is -0.481 e. The fourth-order valence-corrected chi connectivity index (χ4v) is 5.24. The molecule has 1 atom stereocenters. The second-order valence-electron chi connectivity index (χ2n) is 8.83. The number of hydrogen-bond acceptors (Lipinski definition) is 6. The molecule has 3 aromatic rings. The van der Waals surface area contributed by atoms with Crippen LogP contribution in [-0.4, -0.2) is 43.4 Å². The summed E-state index contributed by atoms with van der Waals surface area (Å²) in [7, 11) is 0. The summed E-state index contributed by atoms with van der Waals surface area (Å²) in [6.07, 6.45) is 2.15. The van der Waals surface area contributed by atoms with Gasteiger partial charge in [-0.2, -0.15) is 5.10 Å². The van der Waals surface area contributed by atoms with Gasteiger partial charge >= 0.3 is 5.97 Å². The Morgan fingerprint density at radius 1 is 1.22 bits per heavy atom. The van der Waals surface area contributed by atoms with Crippen molar-refractivity contribution in [1.29, 1.82) is 0 Å². The third kappa shape index (κ3) is 5.48. The molecule has 4 rings (SSSR count). The Balaban J connectivity index is 1.74. The molecule has 1 aliphatic rings. The monoisotopic (exact) mass is 531 g/mol. The molecule has 3 heterocycles. The molecule has 1 amide bonds. The van der Waals surface area contributed by atoms with Gasteiger partial charge in [-0.15, -0.1) is 0 Å². The molecule has 0 saturated heterocycles. The van der Waals surface area contributed by atoms with Gasteiger partial charge in [0, 0.05) is 34.7 Å². The molecule has 0 bridgehead atoms. The van der Waals surface area contributed by atoms with Gasteiger partial charge in [0.2, 0.25) is 0 Å². The number of carbonyl (C=O) groups excluding carboxylic acids is 1. The lowest BCUT2D eigenvalue weighted by Crippen LogP contribution is -2.18. The lowest BCUT2D eigenvalue weighted by Gasteiger charge is -2.19. The molecule has 9 nitrogen and oxygen atoms in total. The molecule has 1 aliphatic heterocycles. The quantitative estimate of drug-likeness (QED) is 0.329. The van der Waals surface area contributed by atoms with Crippen LogP contribution in [-0.2, 0) is 30.8 Å². The molecule has 1 unspecified atom stereocenters. The molecule has 2 aromatic heterocycles. The average molecular weight is 532 g/mol. The Morgan fingerprint density at radius 2 is 1.94 bits per heavy atom. The number of benzene rings is 1. The van der Waals surface area contributed by atoms with E-state index in [0.717, 1.165) is 42.0 Å². The summed E-state index contributed by atoms with van der Waals surface area (Å²) in [4.78, 5) is 28.9. The lowest BCUT2D eigenvalue weighted by atomic mass is 9.89. The van der Waals surface area contributed by atoms with Crippen molar-refractivity contribution in [2.75, 3.05) is 11.9 Å². The van der Waals surface area contributed by atoms with Crippen LogP contribution >= 0.6 is 23.2 Å². The first-order valence-electron chi connectivity index (χ1n) is 11.6. The number of aliphatic carboxylic acids is 1.